The molecule has 0 saturated heterocycles. The molecule has 29 heavy (non-hydrogen) atoms. The lowest BCUT2D eigenvalue weighted by atomic mass is 10.1. The highest BCUT2D eigenvalue weighted by molar-refractivity contribution is 7.98. The number of rotatable bonds is 7. The van der Waals surface area contributed by atoms with Crippen molar-refractivity contribution in [2.75, 3.05) is 23.4 Å². The number of alkyl halides is 3. The molecule has 5 nitrogen and oxygen atoms in total. The number of nitrogens with one attached hydrogen (secondary N) is 2. The van der Waals surface area contributed by atoms with Gasteiger partial charge in [-0.1, -0.05) is 18.2 Å². The van der Waals surface area contributed by atoms with Crippen molar-refractivity contribution in [1.29, 1.82) is 0 Å². The third-order valence-electron chi connectivity index (χ3n) is 3.77. The standard InChI is InChI=1S/C20H19F3N4OS/c1-3-24-19-26-17(13-6-4-8-15(10-13)28-20(21,22)23)12-18(27-19)25-14-7-5-9-16(11-14)29-2/h4-12H,3H2,1-2H3,(H2,24,25,26,27). The van der Waals surface area contributed by atoms with E-state index in [-0.39, 0.29) is 5.75 Å². The quantitative estimate of drug-likeness (QED) is 0.462. The number of aromatic nitrogens is 2. The number of halogens is 3. The fourth-order valence-electron chi connectivity index (χ4n) is 2.60. The molecule has 0 fully saturated rings. The summed E-state index contributed by atoms with van der Waals surface area (Å²) in [5.74, 6) is 0.586. The Morgan fingerprint density at radius 3 is 2.55 bits per heavy atom. The van der Waals surface area contributed by atoms with Crippen molar-refractivity contribution in [3.05, 3.63) is 54.6 Å². The number of hydrogen-bond acceptors (Lipinski definition) is 6. The maximum atomic E-state index is 12.5. The van der Waals surface area contributed by atoms with Crippen LogP contribution in [-0.2, 0) is 0 Å². The number of anilines is 3. The maximum absolute atomic E-state index is 12.5. The molecule has 0 unspecified atom stereocenters. The Balaban J connectivity index is 1.95. The van der Waals surface area contributed by atoms with E-state index in [2.05, 4.69) is 25.3 Å². The van der Waals surface area contributed by atoms with Crippen LogP contribution in [0.3, 0.4) is 0 Å². The molecule has 0 atom stereocenters. The van der Waals surface area contributed by atoms with E-state index in [1.165, 1.54) is 18.2 Å². The Bertz CT molecular complexity index is 982. The van der Waals surface area contributed by atoms with Gasteiger partial charge in [-0.25, -0.2) is 4.98 Å². The molecule has 0 aliphatic heterocycles. The Hall–Kier alpha value is -2.94. The first-order chi connectivity index (χ1) is 13.9. The van der Waals surface area contributed by atoms with Crippen LogP contribution in [0.1, 0.15) is 6.92 Å². The van der Waals surface area contributed by atoms with Gasteiger partial charge in [0.05, 0.1) is 5.69 Å². The fraction of sp³-hybridized carbons (Fsp3) is 0.200. The third kappa shape index (κ3) is 6.02. The highest BCUT2D eigenvalue weighted by Gasteiger charge is 2.31. The molecule has 152 valence electrons. The van der Waals surface area contributed by atoms with E-state index in [1.807, 2.05) is 37.4 Å². The van der Waals surface area contributed by atoms with Crippen molar-refractivity contribution in [2.45, 2.75) is 18.2 Å². The summed E-state index contributed by atoms with van der Waals surface area (Å²) in [4.78, 5) is 9.92. The monoisotopic (exact) mass is 420 g/mol. The smallest absolute Gasteiger partial charge is 0.406 e. The molecule has 0 radical (unpaired) electrons. The first-order valence-corrected chi connectivity index (χ1v) is 9.99. The minimum atomic E-state index is -4.76. The lowest BCUT2D eigenvalue weighted by Crippen LogP contribution is -2.17. The van der Waals surface area contributed by atoms with Crippen LogP contribution in [0.15, 0.2) is 59.5 Å². The van der Waals surface area contributed by atoms with Gasteiger partial charge in [-0.2, -0.15) is 4.98 Å². The van der Waals surface area contributed by atoms with Crippen LogP contribution in [0, 0.1) is 0 Å². The van der Waals surface area contributed by atoms with E-state index < -0.39 is 6.36 Å². The summed E-state index contributed by atoms with van der Waals surface area (Å²) in [5, 5.41) is 6.27. The van der Waals surface area contributed by atoms with Crippen LogP contribution >= 0.6 is 11.8 Å². The molecule has 0 spiro atoms. The van der Waals surface area contributed by atoms with Gasteiger partial charge in [-0.3, -0.25) is 0 Å². The molecule has 0 saturated carbocycles. The van der Waals surface area contributed by atoms with Gasteiger partial charge in [-0.15, -0.1) is 24.9 Å². The van der Waals surface area contributed by atoms with Crippen LogP contribution in [0.25, 0.3) is 11.3 Å². The third-order valence-corrected chi connectivity index (χ3v) is 4.49. The normalized spacial score (nSPS) is 11.2. The van der Waals surface area contributed by atoms with Crippen molar-refractivity contribution in [3.63, 3.8) is 0 Å². The van der Waals surface area contributed by atoms with Crippen molar-refractivity contribution in [3.8, 4) is 17.0 Å². The van der Waals surface area contributed by atoms with Gasteiger partial charge in [0.2, 0.25) is 5.95 Å². The Kier molecular flexibility index (Phi) is 6.48. The molecule has 3 rings (SSSR count). The molecular formula is C20H19F3N4OS. The van der Waals surface area contributed by atoms with E-state index in [0.29, 0.717) is 29.6 Å². The van der Waals surface area contributed by atoms with Gasteiger partial charge in [-0.05, 0) is 43.5 Å². The summed E-state index contributed by atoms with van der Waals surface area (Å²) in [6.07, 6.45) is -2.77. The number of benzene rings is 2. The van der Waals surface area contributed by atoms with E-state index in [0.717, 1.165) is 10.6 Å². The zero-order chi connectivity index (χ0) is 20.9. The minimum absolute atomic E-state index is 0.305. The van der Waals surface area contributed by atoms with E-state index in [1.54, 1.807) is 23.9 Å². The van der Waals surface area contributed by atoms with Crippen LogP contribution in [0.5, 0.6) is 5.75 Å². The average Bonchev–Trinajstić information content (AvgIpc) is 2.67. The van der Waals surface area contributed by atoms with Crippen LogP contribution in [0.2, 0.25) is 0 Å². The highest BCUT2D eigenvalue weighted by Crippen LogP contribution is 2.29. The van der Waals surface area contributed by atoms with Crippen molar-refractivity contribution in [2.24, 2.45) is 0 Å². The summed E-state index contributed by atoms with van der Waals surface area (Å²) in [6.45, 7) is 2.50. The lowest BCUT2D eigenvalue weighted by molar-refractivity contribution is -0.274. The largest absolute Gasteiger partial charge is 0.573 e. The minimum Gasteiger partial charge on any atom is -0.406 e. The van der Waals surface area contributed by atoms with Gasteiger partial charge in [0.25, 0.3) is 0 Å². The number of thioether (sulfide) groups is 1. The molecule has 0 bridgehead atoms. The fourth-order valence-corrected chi connectivity index (χ4v) is 3.06. The van der Waals surface area contributed by atoms with E-state index in [4.69, 9.17) is 0 Å². The predicted octanol–water partition coefficient (Wildman–Crippen LogP) is 5.94. The van der Waals surface area contributed by atoms with Crippen LogP contribution in [-0.4, -0.2) is 29.1 Å². The summed E-state index contributed by atoms with van der Waals surface area (Å²) in [5.41, 5.74) is 1.79. The molecule has 0 aliphatic carbocycles. The Labute approximate surface area is 170 Å². The summed E-state index contributed by atoms with van der Waals surface area (Å²) in [7, 11) is 0. The van der Waals surface area contributed by atoms with Crippen molar-refractivity contribution >= 4 is 29.2 Å². The van der Waals surface area contributed by atoms with Gasteiger partial charge >= 0.3 is 6.36 Å². The highest BCUT2D eigenvalue weighted by atomic mass is 32.2. The summed E-state index contributed by atoms with van der Waals surface area (Å²) < 4.78 is 41.6. The van der Waals surface area contributed by atoms with Gasteiger partial charge in [0.1, 0.15) is 11.6 Å². The van der Waals surface area contributed by atoms with Crippen molar-refractivity contribution < 1.29 is 17.9 Å². The van der Waals surface area contributed by atoms with Crippen molar-refractivity contribution in [1.82, 2.24) is 9.97 Å². The second kappa shape index (κ2) is 9.04. The first-order valence-electron chi connectivity index (χ1n) is 8.76. The first kappa shape index (κ1) is 20.8. The van der Waals surface area contributed by atoms with E-state index >= 15 is 0 Å². The maximum Gasteiger partial charge on any atom is 0.573 e. The molecule has 3 aromatic rings. The molecule has 1 heterocycles. The average molecular weight is 420 g/mol. The molecule has 2 N–H and O–H groups in total. The molecule has 0 aliphatic rings. The predicted molar refractivity (Wildman–Crippen MR) is 110 cm³/mol. The summed E-state index contributed by atoms with van der Waals surface area (Å²) in [6, 6.07) is 15.2. The Morgan fingerprint density at radius 2 is 1.83 bits per heavy atom. The molecule has 9 heteroatoms. The molecule has 1 aromatic heterocycles. The molecule has 0 amide bonds. The molecular weight excluding hydrogens is 401 g/mol. The van der Waals surface area contributed by atoms with E-state index in [9.17, 15) is 13.2 Å². The number of nitrogens with zero attached hydrogens (tertiary/aromatic N) is 2. The Morgan fingerprint density at radius 1 is 1.03 bits per heavy atom. The van der Waals surface area contributed by atoms with Gasteiger partial charge < -0.3 is 15.4 Å². The summed E-state index contributed by atoms with van der Waals surface area (Å²) >= 11 is 1.62. The van der Waals surface area contributed by atoms with Gasteiger partial charge in [0, 0.05) is 28.8 Å². The SMILES string of the molecule is CCNc1nc(Nc2cccc(SC)c2)cc(-c2cccc(OC(F)(F)F)c2)n1. The molecule has 2 aromatic carbocycles. The lowest BCUT2D eigenvalue weighted by Gasteiger charge is -2.13. The van der Waals surface area contributed by atoms with Crippen LogP contribution in [0.4, 0.5) is 30.6 Å². The second-order valence-corrected chi connectivity index (χ2v) is 6.80. The zero-order valence-electron chi connectivity index (χ0n) is 15.7. The number of hydrogen-bond donors (Lipinski definition) is 2. The number of ether oxygens (including phenoxy) is 1. The van der Waals surface area contributed by atoms with Crippen LogP contribution < -0.4 is 15.4 Å². The zero-order valence-corrected chi connectivity index (χ0v) is 16.6. The topological polar surface area (TPSA) is 59.1 Å². The second-order valence-electron chi connectivity index (χ2n) is 5.92. The van der Waals surface area contributed by atoms with Gasteiger partial charge in [0.15, 0.2) is 0 Å².